The molecular weight excluding hydrogens is 390 g/mol. The van der Waals surface area contributed by atoms with Crippen LogP contribution in [0, 0.1) is 0 Å². The molecule has 4 nitrogen and oxygen atoms in total. The maximum atomic E-state index is 11.6. The van der Waals surface area contributed by atoms with Crippen molar-refractivity contribution in [1.29, 1.82) is 0 Å². The zero-order valence-electron chi connectivity index (χ0n) is 11.2. The summed E-state index contributed by atoms with van der Waals surface area (Å²) in [6.45, 7) is 7.02. The van der Waals surface area contributed by atoms with Gasteiger partial charge in [0.15, 0.2) is 6.61 Å². The fraction of sp³-hybridized carbons (Fsp3) is 0.357. The molecule has 1 N–H and O–H groups in total. The number of ether oxygens (including phenoxy) is 2. The molecule has 0 unspecified atom stereocenters. The molecule has 0 aromatic heterocycles. The average molecular weight is 407 g/mol. The highest BCUT2D eigenvalue weighted by atomic mass is 79.9. The van der Waals surface area contributed by atoms with Crippen molar-refractivity contribution in [2.45, 2.75) is 6.92 Å². The highest BCUT2D eigenvalue weighted by Crippen LogP contribution is 2.27. The van der Waals surface area contributed by atoms with Crippen LogP contribution in [0.1, 0.15) is 6.92 Å². The minimum Gasteiger partial charge on any atom is -0.483 e. The quantitative estimate of drug-likeness (QED) is 0.532. The van der Waals surface area contributed by atoms with Crippen LogP contribution in [0.15, 0.2) is 39.3 Å². The third-order valence-corrected chi connectivity index (χ3v) is 3.28. The zero-order chi connectivity index (χ0) is 15.0. The van der Waals surface area contributed by atoms with E-state index < -0.39 is 0 Å². The molecule has 0 atom stereocenters. The predicted molar refractivity (Wildman–Crippen MR) is 86.0 cm³/mol. The van der Waals surface area contributed by atoms with Crippen LogP contribution >= 0.6 is 31.9 Å². The highest BCUT2D eigenvalue weighted by molar-refractivity contribution is 9.11. The van der Waals surface area contributed by atoms with E-state index >= 15 is 0 Å². The van der Waals surface area contributed by atoms with Gasteiger partial charge in [0, 0.05) is 11.0 Å². The van der Waals surface area contributed by atoms with Gasteiger partial charge in [-0.2, -0.15) is 0 Å². The maximum Gasteiger partial charge on any atom is 0.258 e. The molecule has 1 rings (SSSR count). The van der Waals surface area contributed by atoms with Crippen LogP contribution in [0.4, 0.5) is 0 Å². The van der Waals surface area contributed by atoms with Crippen LogP contribution in [0.5, 0.6) is 5.75 Å². The van der Waals surface area contributed by atoms with Crippen LogP contribution in [-0.2, 0) is 9.53 Å². The highest BCUT2D eigenvalue weighted by Gasteiger charge is 2.05. The lowest BCUT2D eigenvalue weighted by atomic mass is 10.3. The van der Waals surface area contributed by atoms with E-state index in [9.17, 15) is 4.79 Å². The van der Waals surface area contributed by atoms with Crippen LogP contribution < -0.4 is 10.1 Å². The Hall–Kier alpha value is -0.850. The SMILES string of the molecule is C=C(C)COCCNC(=O)COc1ccc(Br)cc1Br. The van der Waals surface area contributed by atoms with E-state index in [-0.39, 0.29) is 12.5 Å². The Kier molecular flexibility index (Phi) is 7.87. The topological polar surface area (TPSA) is 47.6 Å². The van der Waals surface area contributed by atoms with Gasteiger partial charge in [0.25, 0.3) is 5.91 Å². The third kappa shape index (κ3) is 7.07. The molecule has 0 radical (unpaired) electrons. The average Bonchev–Trinajstić information content (AvgIpc) is 2.37. The molecule has 0 aliphatic rings. The first-order valence-corrected chi connectivity index (χ1v) is 7.64. The molecule has 0 bridgehead atoms. The van der Waals surface area contributed by atoms with E-state index in [1.54, 1.807) is 6.07 Å². The Labute approximate surface area is 135 Å². The number of carbonyl (C=O) groups is 1. The Morgan fingerprint density at radius 3 is 2.75 bits per heavy atom. The van der Waals surface area contributed by atoms with E-state index in [4.69, 9.17) is 9.47 Å². The number of carbonyl (C=O) groups excluding carboxylic acids is 1. The number of nitrogens with one attached hydrogen (secondary N) is 1. The monoisotopic (exact) mass is 405 g/mol. The predicted octanol–water partition coefficient (Wildman–Crippen LogP) is 3.30. The Morgan fingerprint density at radius 2 is 2.10 bits per heavy atom. The molecule has 0 heterocycles. The van der Waals surface area contributed by atoms with Gasteiger partial charge in [0.2, 0.25) is 0 Å². The largest absolute Gasteiger partial charge is 0.483 e. The summed E-state index contributed by atoms with van der Waals surface area (Å²) in [5.41, 5.74) is 0.958. The van der Waals surface area contributed by atoms with Gasteiger partial charge in [-0.15, -0.1) is 0 Å². The van der Waals surface area contributed by atoms with E-state index in [0.717, 1.165) is 14.5 Å². The molecular formula is C14H17Br2NO3. The number of rotatable bonds is 8. The summed E-state index contributed by atoms with van der Waals surface area (Å²) in [5.74, 6) is 0.445. The second kappa shape index (κ2) is 9.15. The van der Waals surface area contributed by atoms with Gasteiger partial charge >= 0.3 is 0 Å². The minimum absolute atomic E-state index is 0.0271. The van der Waals surface area contributed by atoms with Gasteiger partial charge in [0.1, 0.15) is 5.75 Å². The lowest BCUT2D eigenvalue weighted by Crippen LogP contribution is -2.31. The van der Waals surface area contributed by atoms with Gasteiger partial charge in [-0.25, -0.2) is 0 Å². The van der Waals surface area contributed by atoms with Crippen LogP contribution in [0.2, 0.25) is 0 Å². The number of hydrogen-bond donors (Lipinski definition) is 1. The molecule has 0 saturated heterocycles. The minimum atomic E-state index is -0.182. The van der Waals surface area contributed by atoms with E-state index in [1.807, 2.05) is 19.1 Å². The smallest absolute Gasteiger partial charge is 0.258 e. The number of hydrogen-bond acceptors (Lipinski definition) is 3. The molecule has 1 amide bonds. The van der Waals surface area contributed by atoms with Gasteiger partial charge in [-0.3, -0.25) is 4.79 Å². The number of halogens is 2. The first-order chi connectivity index (χ1) is 9.49. The lowest BCUT2D eigenvalue weighted by molar-refractivity contribution is -0.123. The standard InChI is InChI=1S/C14H17Br2NO3/c1-10(2)8-19-6-5-17-14(18)9-20-13-4-3-11(15)7-12(13)16/h3-4,7H,1,5-6,8-9H2,2H3,(H,17,18). The molecule has 1 aromatic carbocycles. The molecule has 6 heteroatoms. The summed E-state index contributed by atoms with van der Waals surface area (Å²) in [4.78, 5) is 11.6. The summed E-state index contributed by atoms with van der Waals surface area (Å²) in [6.07, 6.45) is 0. The summed E-state index contributed by atoms with van der Waals surface area (Å²) in [7, 11) is 0. The molecule has 0 spiro atoms. The van der Waals surface area contributed by atoms with Crippen molar-refractivity contribution in [3.63, 3.8) is 0 Å². The Bertz CT molecular complexity index is 477. The fourth-order valence-corrected chi connectivity index (χ4v) is 2.46. The molecule has 110 valence electrons. The molecule has 0 aliphatic carbocycles. The van der Waals surface area contributed by atoms with Crippen LogP contribution in [-0.4, -0.2) is 32.3 Å². The van der Waals surface area contributed by atoms with Crippen molar-refractivity contribution >= 4 is 37.8 Å². The van der Waals surface area contributed by atoms with Gasteiger partial charge in [-0.05, 0) is 41.1 Å². The van der Waals surface area contributed by atoms with Crippen molar-refractivity contribution in [1.82, 2.24) is 5.32 Å². The molecule has 1 aromatic rings. The summed E-state index contributed by atoms with van der Waals surface area (Å²) in [6, 6.07) is 5.50. The van der Waals surface area contributed by atoms with Crippen LogP contribution in [0.25, 0.3) is 0 Å². The fourth-order valence-electron chi connectivity index (χ4n) is 1.30. The second-order valence-corrected chi connectivity index (χ2v) is 5.99. The summed E-state index contributed by atoms with van der Waals surface area (Å²) < 4.78 is 12.4. The van der Waals surface area contributed by atoms with Crippen LogP contribution in [0.3, 0.4) is 0 Å². The molecule has 0 saturated carbocycles. The second-order valence-electron chi connectivity index (χ2n) is 4.22. The maximum absolute atomic E-state index is 11.6. The van der Waals surface area contributed by atoms with Crippen molar-refractivity contribution in [2.24, 2.45) is 0 Å². The van der Waals surface area contributed by atoms with Crippen molar-refractivity contribution in [2.75, 3.05) is 26.4 Å². The lowest BCUT2D eigenvalue weighted by Gasteiger charge is -2.09. The van der Waals surface area contributed by atoms with E-state index in [2.05, 4.69) is 43.8 Å². The van der Waals surface area contributed by atoms with Gasteiger partial charge in [-0.1, -0.05) is 28.1 Å². The zero-order valence-corrected chi connectivity index (χ0v) is 14.4. The van der Waals surface area contributed by atoms with Crippen molar-refractivity contribution < 1.29 is 14.3 Å². The number of amides is 1. The Balaban J connectivity index is 2.21. The van der Waals surface area contributed by atoms with Gasteiger partial charge < -0.3 is 14.8 Å². The first kappa shape index (κ1) is 17.2. The van der Waals surface area contributed by atoms with Crippen molar-refractivity contribution in [3.05, 3.63) is 39.3 Å². The normalized spacial score (nSPS) is 10.2. The molecule has 0 fully saturated rings. The van der Waals surface area contributed by atoms with E-state index in [0.29, 0.717) is 25.5 Å². The summed E-state index contributed by atoms with van der Waals surface area (Å²) in [5, 5.41) is 2.71. The Morgan fingerprint density at radius 1 is 1.35 bits per heavy atom. The number of benzene rings is 1. The van der Waals surface area contributed by atoms with E-state index in [1.165, 1.54) is 0 Å². The van der Waals surface area contributed by atoms with Gasteiger partial charge in [0.05, 0.1) is 17.7 Å². The third-order valence-electron chi connectivity index (χ3n) is 2.17. The first-order valence-electron chi connectivity index (χ1n) is 6.05. The molecule has 0 aliphatic heterocycles. The molecule has 20 heavy (non-hydrogen) atoms. The van der Waals surface area contributed by atoms with Crippen molar-refractivity contribution in [3.8, 4) is 5.75 Å². The summed E-state index contributed by atoms with van der Waals surface area (Å²) >= 11 is 6.72.